The third-order valence-electron chi connectivity index (χ3n) is 4.45. The lowest BCUT2D eigenvalue weighted by atomic mass is 10.1. The number of ether oxygens (including phenoxy) is 2. The second-order valence-corrected chi connectivity index (χ2v) is 6.38. The molecule has 2 rings (SSSR count). The summed E-state index contributed by atoms with van der Waals surface area (Å²) < 4.78 is 11.3. The highest BCUT2D eigenvalue weighted by Gasteiger charge is 2.14. The van der Waals surface area contributed by atoms with Crippen molar-refractivity contribution in [3.05, 3.63) is 29.8 Å². The molecular weight excluding hydrogens is 441 g/mol. The molecule has 0 spiro atoms. The molecule has 1 saturated carbocycles. The average Bonchev–Trinajstić information content (AvgIpc) is 3.15. The second kappa shape index (κ2) is 14.1. The van der Waals surface area contributed by atoms with Gasteiger partial charge >= 0.3 is 0 Å². The summed E-state index contributed by atoms with van der Waals surface area (Å²) in [5.41, 5.74) is 1.21. The van der Waals surface area contributed by atoms with Crippen LogP contribution in [0.4, 0.5) is 0 Å². The molecule has 1 fully saturated rings. The molecule has 2 N–H and O–H groups in total. The molecule has 148 valence electrons. The van der Waals surface area contributed by atoms with Crippen LogP contribution in [0.1, 0.15) is 44.6 Å². The summed E-state index contributed by atoms with van der Waals surface area (Å²) in [5.74, 6) is 1.81. The molecule has 1 aliphatic carbocycles. The number of guanidine groups is 1. The zero-order valence-electron chi connectivity index (χ0n) is 16.1. The van der Waals surface area contributed by atoms with Crippen LogP contribution in [0, 0.1) is 0 Å². The summed E-state index contributed by atoms with van der Waals surface area (Å²) >= 11 is 0. The maximum absolute atomic E-state index is 5.89. The Balaban J connectivity index is 0.00000338. The largest absolute Gasteiger partial charge is 0.496 e. The number of benzene rings is 1. The van der Waals surface area contributed by atoms with Crippen LogP contribution in [0.25, 0.3) is 0 Å². The molecule has 1 aromatic carbocycles. The number of aliphatic imine (C=N–C) groups is 1. The number of rotatable bonds is 10. The quantitative estimate of drug-likeness (QED) is 0.234. The van der Waals surface area contributed by atoms with Gasteiger partial charge in [-0.2, -0.15) is 0 Å². The third-order valence-corrected chi connectivity index (χ3v) is 4.45. The van der Waals surface area contributed by atoms with Crippen molar-refractivity contribution in [2.45, 2.75) is 51.6 Å². The smallest absolute Gasteiger partial charge is 0.191 e. The van der Waals surface area contributed by atoms with Gasteiger partial charge in [0, 0.05) is 26.2 Å². The molecule has 0 bridgehead atoms. The minimum Gasteiger partial charge on any atom is -0.496 e. The fourth-order valence-corrected chi connectivity index (χ4v) is 3.13. The van der Waals surface area contributed by atoms with Crippen LogP contribution in [-0.2, 0) is 11.2 Å². The molecule has 0 radical (unpaired) electrons. The van der Waals surface area contributed by atoms with Crippen LogP contribution < -0.4 is 15.4 Å². The molecule has 0 aliphatic heterocycles. The number of hydrogen-bond acceptors (Lipinski definition) is 3. The summed E-state index contributed by atoms with van der Waals surface area (Å²) in [5, 5.41) is 6.69. The summed E-state index contributed by atoms with van der Waals surface area (Å²) in [7, 11) is 1.71. The van der Waals surface area contributed by atoms with Gasteiger partial charge in [0.1, 0.15) is 5.75 Å². The third kappa shape index (κ3) is 8.58. The van der Waals surface area contributed by atoms with Crippen molar-refractivity contribution >= 4 is 29.9 Å². The molecule has 1 aromatic rings. The number of hydrogen-bond donors (Lipinski definition) is 2. The predicted molar refractivity (Wildman–Crippen MR) is 119 cm³/mol. The maximum atomic E-state index is 5.89. The molecule has 0 unspecified atom stereocenters. The number of halogens is 1. The Bertz CT molecular complexity index is 520. The summed E-state index contributed by atoms with van der Waals surface area (Å²) in [6.45, 7) is 5.37. The Hall–Kier alpha value is -1.02. The predicted octanol–water partition coefficient (Wildman–Crippen LogP) is 3.76. The van der Waals surface area contributed by atoms with Crippen LogP contribution in [0.15, 0.2) is 29.3 Å². The highest BCUT2D eigenvalue weighted by Crippen LogP contribution is 2.20. The lowest BCUT2D eigenvalue weighted by Crippen LogP contribution is -2.38. The number of nitrogens with one attached hydrogen (secondary N) is 2. The van der Waals surface area contributed by atoms with Gasteiger partial charge in [0.25, 0.3) is 0 Å². The van der Waals surface area contributed by atoms with Crippen LogP contribution in [-0.4, -0.2) is 45.4 Å². The Morgan fingerprint density at radius 1 is 1.19 bits per heavy atom. The first-order chi connectivity index (χ1) is 12.3. The van der Waals surface area contributed by atoms with Crippen molar-refractivity contribution in [1.82, 2.24) is 10.6 Å². The average molecular weight is 475 g/mol. The fraction of sp³-hybridized carbons (Fsp3) is 0.650. The van der Waals surface area contributed by atoms with E-state index >= 15 is 0 Å². The van der Waals surface area contributed by atoms with Gasteiger partial charge in [-0.1, -0.05) is 31.0 Å². The van der Waals surface area contributed by atoms with Gasteiger partial charge in [-0.15, -0.1) is 24.0 Å². The Morgan fingerprint density at radius 3 is 2.69 bits per heavy atom. The molecule has 0 heterocycles. The van der Waals surface area contributed by atoms with E-state index in [9.17, 15) is 0 Å². The summed E-state index contributed by atoms with van der Waals surface area (Å²) in [4.78, 5) is 4.63. The van der Waals surface area contributed by atoms with E-state index in [1.807, 2.05) is 18.2 Å². The highest BCUT2D eigenvalue weighted by molar-refractivity contribution is 14.0. The van der Waals surface area contributed by atoms with Gasteiger partial charge < -0.3 is 20.1 Å². The molecule has 6 heteroatoms. The van der Waals surface area contributed by atoms with Crippen LogP contribution >= 0.6 is 24.0 Å². The van der Waals surface area contributed by atoms with Crippen LogP contribution in [0.5, 0.6) is 5.75 Å². The van der Waals surface area contributed by atoms with Crippen molar-refractivity contribution in [2.75, 3.05) is 33.4 Å². The van der Waals surface area contributed by atoms with E-state index < -0.39 is 0 Å². The van der Waals surface area contributed by atoms with Gasteiger partial charge in [-0.3, -0.25) is 4.99 Å². The van der Waals surface area contributed by atoms with Gasteiger partial charge in [-0.05, 0) is 44.2 Å². The summed E-state index contributed by atoms with van der Waals surface area (Å²) in [6, 6.07) is 8.14. The lowest BCUT2D eigenvalue weighted by molar-refractivity contribution is 0.0579. The van der Waals surface area contributed by atoms with E-state index in [-0.39, 0.29) is 24.0 Å². The normalized spacial score (nSPS) is 14.8. The van der Waals surface area contributed by atoms with E-state index in [1.165, 1.54) is 31.2 Å². The zero-order chi connectivity index (χ0) is 17.7. The van der Waals surface area contributed by atoms with Crippen molar-refractivity contribution in [3.8, 4) is 5.75 Å². The highest BCUT2D eigenvalue weighted by atomic mass is 127. The monoisotopic (exact) mass is 475 g/mol. The second-order valence-electron chi connectivity index (χ2n) is 6.38. The van der Waals surface area contributed by atoms with E-state index in [0.29, 0.717) is 6.10 Å². The van der Waals surface area contributed by atoms with Gasteiger partial charge in [0.15, 0.2) is 5.96 Å². The number of nitrogens with zero attached hydrogens (tertiary/aromatic N) is 1. The standard InChI is InChI=1S/C20H33N3O2.HI/c1-3-21-20(22-14-8-16-25-18-10-5-6-11-18)23-15-13-17-9-4-7-12-19(17)24-2;/h4,7,9,12,18H,3,5-6,8,10-11,13-16H2,1-2H3,(H2,21,22,23);1H. The first kappa shape index (κ1) is 23.0. The van der Waals surface area contributed by atoms with Crippen LogP contribution in [0.3, 0.4) is 0 Å². The molecular formula is C20H34IN3O2. The topological polar surface area (TPSA) is 54.9 Å². The Morgan fingerprint density at radius 2 is 1.96 bits per heavy atom. The SMILES string of the molecule is CCNC(=NCCCOC1CCCC1)NCCc1ccccc1OC.I. The Labute approximate surface area is 175 Å². The molecule has 0 atom stereocenters. The number of methoxy groups -OCH3 is 1. The minimum atomic E-state index is 0. The molecule has 5 nitrogen and oxygen atoms in total. The van der Waals surface area contributed by atoms with Crippen LogP contribution in [0.2, 0.25) is 0 Å². The van der Waals surface area contributed by atoms with Crippen molar-refractivity contribution in [3.63, 3.8) is 0 Å². The van der Waals surface area contributed by atoms with E-state index in [4.69, 9.17) is 9.47 Å². The molecule has 0 amide bonds. The summed E-state index contributed by atoms with van der Waals surface area (Å²) in [6.07, 6.45) is 7.48. The minimum absolute atomic E-state index is 0. The van der Waals surface area contributed by atoms with E-state index in [2.05, 4.69) is 28.6 Å². The van der Waals surface area contributed by atoms with Crippen molar-refractivity contribution in [1.29, 1.82) is 0 Å². The maximum Gasteiger partial charge on any atom is 0.191 e. The molecule has 0 saturated heterocycles. The zero-order valence-corrected chi connectivity index (χ0v) is 18.5. The Kier molecular flexibility index (Phi) is 12.5. The first-order valence-corrected chi connectivity index (χ1v) is 9.59. The lowest BCUT2D eigenvalue weighted by Gasteiger charge is -2.13. The molecule has 26 heavy (non-hydrogen) atoms. The fourth-order valence-electron chi connectivity index (χ4n) is 3.13. The van der Waals surface area contributed by atoms with Gasteiger partial charge in [-0.25, -0.2) is 0 Å². The van der Waals surface area contributed by atoms with E-state index in [1.54, 1.807) is 7.11 Å². The van der Waals surface area contributed by atoms with E-state index in [0.717, 1.165) is 50.8 Å². The molecule has 1 aliphatic rings. The van der Waals surface area contributed by atoms with Gasteiger partial charge in [0.05, 0.1) is 13.2 Å². The van der Waals surface area contributed by atoms with Crippen molar-refractivity contribution < 1.29 is 9.47 Å². The molecule has 0 aromatic heterocycles. The van der Waals surface area contributed by atoms with Gasteiger partial charge in [0.2, 0.25) is 0 Å². The number of para-hydroxylation sites is 1. The van der Waals surface area contributed by atoms with Crippen molar-refractivity contribution in [2.24, 2.45) is 4.99 Å². The first-order valence-electron chi connectivity index (χ1n) is 9.59.